The first-order chi connectivity index (χ1) is 27.0. The summed E-state index contributed by atoms with van der Waals surface area (Å²) in [6.45, 7) is 7.20. The predicted molar refractivity (Wildman–Crippen MR) is 217 cm³/mol. The van der Waals surface area contributed by atoms with E-state index in [-0.39, 0.29) is 17.1 Å². The molecule has 8 aromatic rings. The van der Waals surface area contributed by atoms with Crippen molar-refractivity contribution in [2.24, 2.45) is 0 Å². The van der Waals surface area contributed by atoms with Crippen LogP contribution in [0, 0.1) is 27.7 Å². The summed E-state index contributed by atoms with van der Waals surface area (Å²) in [7, 11) is 0. The van der Waals surface area contributed by atoms with Gasteiger partial charge in [0.05, 0.1) is 28.2 Å². The van der Waals surface area contributed by atoms with E-state index in [9.17, 15) is 9.90 Å². The second-order valence-electron chi connectivity index (χ2n) is 13.6. The van der Waals surface area contributed by atoms with Crippen molar-refractivity contribution >= 4 is 49.6 Å². The number of pyridine rings is 4. The standard InChI is InChI=1S/2C20H16N2.C6H7O6.Cu/c2*1-13-8-9-16-10-11-17-18(15-6-4-3-5-7-15)12-14(2)22-20(17)19(16)21-13;7-1-2(8)5-3(9)4(10)6(11)12-5;/h2*3-12H,1-2H3;2,5,8-10H,1H2;/q;;-1;+1. The number of hydrogen-bond donors (Lipinski definition) is 3. The van der Waals surface area contributed by atoms with Gasteiger partial charge in [-0.25, -0.2) is 4.79 Å². The van der Waals surface area contributed by atoms with Gasteiger partial charge in [-0.05, 0) is 74.2 Å². The largest absolute Gasteiger partial charge is 1.00 e. The van der Waals surface area contributed by atoms with Crippen LogP contribution in [0.3, 0.4) is 0 Å². The quantitative estimate of drug-likeness (QED) is 0.0901. The van der Waals surface area contributed by atoms with Crippen molar-refractivity contribution in [3.8, 4) is 22.3 Å². The summed E-state index contributed by atoms with van der Waals surface area (Å²) in [4.78, 5) is 29.5. The van der Waals surface area contributed by atoms with Crippen LogP contribution in [0.1, 0.15) is 22.8 Å². The minimum atomic E-state index is -1.53. The van der Waals surface area contributed by atoms with E-state index < -0.39 is 36.3 Å². The van der Waals surface area contributed by atoms with Crippen molar-refractivity contribution < 1.29 is 47.0 Å². The summed E-state index contributed by atoms with van der Waals surface area (Å²) in [5.41, 5.74) is 12.9. The molecule has 0 bridgehead atoms. The summed E-state index contributed by atoms with van der Waals surface area (Å²) < 4.78 is 4.28. The van der Waals surface area contributed by atoms with Crippen LogP contribution in [0.25, 0.3) is 65.9 Å². The first-order valence-corrected chi connectivity index (χ1v) is 18.1. The van der Waals surface area contributed by atoms with E-state index in [2.05, 4.69) is 102 Å². The van der Waals surface area contributed by atoms with E-state index in [1.165, 1.54) is 22.3 Å². The van der Waals surface area contributed by atoms with Gasteiger partial charge in [0.2, 0.25) is 5.76 Å². The van der Waals surface area contributed by atoms with Gasteiger partial charge < -0.3 is 25.2 Å². The molecule has 0 aliphatic carbocycles. The smallest absolute Gasteiger partial charge is 0.853 e. The minimum absolute atomic E-state index is 0. The Morgan fingerprint density at radius 1 is 0.596 bits per heavy atom. The van der Waals surface area contributed by atoms with Crippen LogP contribution in [0.4, 0.5) is 0 Å². The predicted octanol–water partition coefficient (Wildman–Crippen LogP) is 8.09. The topological polar surface area (TPSA) is 162 Å². The van der Waals surface area contributed by atoms with Gasteiger partial charge in [-0.1, -0.05) is 97.1 Å². The molecule has 9 rings (SSSR count). The average Bonchev–Trinajstić information content (AvgIpc) is 3.48. The van der Waals surface area contributed by atoms with E-state index in [0.717, 1.165) is 66.4 Å². The fourth-order valence-corrected chi connectivity index (χ4v) is 6.72. The Labute approximate surface area is 339 Å². The Hall–Kier alpha value is -6.23. The van der Waals surface area contributed by atoms with Crippen molar-refractivity contribution in [2.75, 3.05) is 6.61 Å². The van der Waals surface area contributed by atoms with Crippen LogP contribution < -0.4 is 5.11 Å². The monoisotopic (exact) mass is 806 g/mol. The van der Waals surface area contributed by atoms with Crippen LogP contribution >= 0.6 is 0 Å². The summed E-state index contributed by atoms with van der Waals surface area (Å²) in [5, 5.41) is 41.2. The van der Waals surface area contributed by atoms with Gasteiger partial charge in [0.1, 0.15) is 0 Å². The van der Waals surface area contributed by atoms with Crippen LogP contribution in [0.2, 0.25) is 0 Å². The van der Waals surface area contributed by atoms with E-state index in [0.29, 0.717) is 0 Å². The molecule has 0 spiro atoms. The second kappa shape index (κ2) is 17.3. The maximum absolute atomic E-state index is 10.5. The van der Waals surface area contributed by atoms with Crippen LogP contribution in [0.15, 0.2) is 133 Å². The Morgan fingerprint density at radius 3 is 1.39 bits per heavy atom. The van der Waals surface area contributed by atoms with Crippen molar-refractivity contribution in [1.82, 2.24) is 19.9 Å². The number of aliphatic hydroxyl groups excluding tert-OH is 3. The van der Waals surface area contributed by atoms with Crippen molar-refractivity contribution in [2.45, 2.75) is 39.9 Å². The number of ether oxygens (including phenoxy) is 1. The SMILES string of the molecule is Cc1ccc2ccc3c(-c4ccccc4)cc(C)nc3c2n1.Cc1ccc2ccc3c(-c4ccccc4)cc(C)nc3c2n1.O=C1OC(C(O)C[O-])C(O)=C1O.[Cu+]. The zero-order chi connectivity index (χ0) is 39.5. The molecule has 0 amide bonds. The van der Waals surface area contributed by atoms with Crippen LogP contribution in [-0.2, 0) is 26.6 Å². The molecule has 1 aliphatic rings. The maximum Gasteiger partial charge on any atom is 1.00 e. The number of rotatable bonds is 4. The number of aryl methyl sites for hydroxylation is 4. The molecule has 10 nitrogen and oxygen atoms in total. The number of cyclic esters (lactones) is 1. The zero-order valence-corrected chi connectivity index (χ0v) is 32.5. The molecule has 4 aromatic carbocycles. The van der Waals surface area contributed by atoms with Crippen molar-refractivity contribution in [3.05, 3.63) is 156 Å². The number of benzene rings is 4. The summed E-state index contributed by atoms with van der Waals surface area (Å²) in [5.74, 6) is -2.87. The molecule has 0 saturated heterocycles. The summed E-state index contributed by atoms with van der Waals surface area (Å²) >= 11 is 0. The van der Waals surface area contributed by atoms with Gasteiger partial charge >= 0.3 is 23.0 Å². The van der Waals surface area contributed by atoms with Crippen molar-refractivity contribution in [3.63, 3.8) is 0 Å². The first kappa shape index (κ1) is 40.4. The first-order valence-electron chi connectivity index (χ1n) is 18.1. The van der Waals surface area contributed by atoms with Gasteiger partial charge in [-0.3, -0.25) is 19.9 Å². The number of fused-ring (bicyclic) bond motifs is 6. The number of aromatic nitrogens is 4. The summed E-state index contributed by atoms with van der Waals surface area (Å²) in [6.07, 6.45) is -2.95. The Balaban J connectivity index is 0.000000150. The third kappa shape index (κ3) is 8.47. The maximum atomic E-state index is 10.5. The van der Waals surface area contributed by atoms with E-state index in [1.807, 2.05) is 52.0 Å². The third-order valence-corrected chi connectivity index (χ3v) is 9.44. The van der Waals surface area contributed by atoms with Gasteiger partial charge in [-0.15, -0.1) is 6.61 Å². The fraction of sp³-hybridized carbons (Fsp3) is 0.152. The number of hydrogen-bond acceptors (Lipinski definition) is 10. The number of carbonyl (C=O) groups excluding carboxylic acids is 1. The minimum Gasteiger partial charge on any atom is -0.853 e. The number of aliphatic hydroxyl groups is 3. The molecule has 3 N–H and O–H groups in total. The molecule has 5 heterocycles. The van der Waals surface area contributed by atoms with Gasteiger partial charge in [0.15, 0.2) is 11.9 Å². The Morgan fingerprint density at radius 2 is 1.00 bits per heavy atom. The number of nitrogens with zero attached hydrogens (tertiary/aromatic N) is 4. The molecule has 11 heteroatoms. The normalized spacial score (nSPS) is 14.1. The molecule has 0 saturated carbocycles. The molecule has 0 fully saturated rings. The van der Waals surface area contributed by atoms with Gasteiger partial charge in [0, 0.05) is 44.3 Å². The summed E-state index contributed by atoms with van der Waals surface area (Å²) in [6, 6.07) is 42.1. The van der Waals surface area contributed by atoms with Crippen LogP contribution in [0.5, 0.6) is 0 Å². The number of esters is 1. The molecule has 57 heavy (non-hydrogen) atoms. The van der Waals surface area contributed by atoms with E-state index in [4.69, 9.17) is 35.3 Å². The van der Waals surface area contributed by atoms with Gasteiger partial charge in [-0.2, -0.15) is 0 Å². The number of carbonyl (C=O) groups is 1. The second-order valence-corrected chi connectivity index (χ2v) is 13.6. The molecule has 1 aliphatic heterocycles. The molecule has 290 valence electrons. The van der Waals surface area contributed by atoms with Crippen molar-refractivity contribution in [1.29, 1.82) is 0 Å². The third-order valence-electron chi connectivity index (χ3n) is 9.44. The molecule has 2 unspecified atom stereocenters. The Bertz CT molecular complexity index is 2610. The molecular weight excluding hydrogens is 768 g/mol. The molecule has 0 radical (unpaired) electrons. The Kier molecular flexibility index (Phi) is 12.3. The van der Waals surface area contributed by atoms with E-state index >= 15 is 0 Å². The zero-order valence-electron chi connectivity index (χ0n) is 31.6. The molecule has 4 aromatic heterocycles. The molecule has 2 atom stereocenters. The van der Waals surface area contributed by atoms with Crippen LogP contribution in [-0.4, -0.2) is 60.0 Å². The van der Waals surface area contributed by atoms with Gasteiger partial charge in [0.25, 0.3) is 0 Å². The fourth-order valence-electron chi connectivity index (χ4n) is 6.72. The average molecular weight is 807 g/mol. The molecular formula is C46H39CuN4O6. The van der Waals surface area contributed by atoms with E-state index in [1.54, 1.807) is 0 Å².